The molecule has 4 aromatic rings. The molecule has 0 aliphatic carbocycles. The summed E-state index contributed by atoms with van der Waals surface area (Å²) in [6.07, 6.45) is 4.26. The molecule has 0 atom stereocenters. The number of benzene rings is 1. The number of hydrogen-bond donors (Lipinski definition) is 2. The molecule has 0 aliphatic heterocycles. The molecule has 0 amide bonds. The second-order valence-corrected chi connectivity index (χ2v) is 9.12. The van der Waals surface area contributed by atoms with Gasteiger partial charge in [0.1, 0.15) is 11.3 Å². The number of fused-ring (bicyclic) bond motifs is 1. The maximum Gasteiger partial charge on any atom is 0.270 e. The number of halogens is 3. The molecule has 4 rings (SSSR count). The van der Waals surface area contributed by atoms with Gasteiger partial charge in [0.05, 0.1) is 15.6 Å². The first kappa shape index (κ1) is 21.8. The minimum atomic E-state index is -4.34. The van der Waals surface area contributed by atoms with Crippen LogP contribution in [0, 0.1) is 0 Å². The molecule has 0 fully saturated rings. The van der Waals surface area contributed by atoms with Crippen molar-refractivity contribution in [3.63, 3.8) is 0 Å². The molecule has 3 heterocycles. The fraction of sp³-hybridized carbons (Fsp3) is 0.0952. The quantitative estimate of drug-likeness (QED) is 0.390. The lowest BCUT2D eigenvalue weighted by molar-refractivity contribution is 0.0172. The summed E-state index contributed by atoms with van der Waals surface area (Å²) in [7, 11) is -4.34. The lowest BCUT2D eigenvalue weighted by Gasteiger charge is -2.14. The maximum atomic E-state index is 13.7. The zero-order valence-electron chi connectivity index (χ0n) is 16.4. The van der Waals surface area contributed by atoms with Gasteiger partial charge < -0.3 is 4.98 Å². The number of nitrogens with zero attached hydrogens (tertiary/aromatic N) is 2. The zero-order valence-corrected chi connectivity index (χ0v) is 18.0. The van der Waals surface area contributed by atoms with E-state index in [2.05, 4.69) is 19.7 Å². The van der Waals surface area contributed by atoms with Crippen LogP contribution in [0.3, 0.4) is 0 Å². The van der Waals surface area contributed by atoms with E-state index in [4.69, 9.17) is 11.6 Å². The molecule has 0 aliphatic rings. The smallest absolute Gasteiger partial charge is 0.270 e. The van der Waals surface area contributed by atoms with Crippen LogP contribution in [0.5, 0.6) is 0 Å². The Kier molecular flexibility index (Phi) is 5.43. The van der Waals surface area contributed by atoms with Gasteiger partial charge in [-0.3, -0.25) is 9.52 Å². The predicted octanol–water partition coefficient (Wildman–Crippen LogP) is 4.75. The van der Waals surface area contributed by atoms with Crippen molar-refractivity contribution in [2.45, 2.75) is 17.7 Å². The first-order valence-corrected chi connectivity index (χ1v) is 11.1. The van der Waals surface area contributed by atoms with Crippen LogP contribution in [0.4, 0.5) is 14.5 Å². The fourth-order valence-corrected chi connectivity index (χ4v) is 4.39. The molecule has 1 aromatic carbocycles. The van der Waals surface area contributed by atoms with Crippen molar-refractivity contribution >= 4 is 44.1 Å². The van der Waals surface area contributed by atoms with Gasteiger partial charge in [-0.1, -0.05) is 23.7 Å². The van der Waals surface area contributed by atoms with E-state index in [1.807, 2.05) is 0 Å². The van der Waals surface area contributed by atoms with Crippen LogP contribution in [0.2, 0.25) is 5.02 Å². The molecule has 0 saturated carbocycles. The number of alkyl halides is 2. The van der Waals surface area contributed by atoms with Gasteiger partial charge in [-0.25, -0.2) is 27.2 Å². The Morgan fingerprint density at radius 2 is 1.94 bits per heavy atom. The average Bonchev–Trinajstić information content (AvgIpc) is 3.21. The van der Waals surface area contributed by atoms with E-state index in [1.54, 1.807) is 12.3 Å². The van der Waals surface area contributed by atoms with Crippen LogP contribution < -0.4 is 4.72 Å². The van der Waals surface area contributed by atoms with Crippen molar-refractivity contribution in [2.24, 2.45) is 0 Å². The van der Waals surface area contributed by atoms with Crippen LogP contribution >= 0.6 is 11.6 Å². The van der Waals surface area contributed by atoms with Gasteiger partial charge in [0.25, 0.3) is 15.9 Å². The standard InChI is InChI=1S/C21H15ClF2N4O3S/c1-21(23,24)12-3-2-4-14(9-12)32(30,31)28-17-10-13(22)11-27-18(17)19(29)15-5-7-25-20-16(15)6-8-26-20/h2-11,28H,1H3,(H,25,26). The van der Waals surface area contributed by atoms with Gasteiger partial charge in [0, 0.05) is 42.0 Å². The monoisotopic (exact) mass is 476 g/mol. The summed E-state index contributed by atoms with van der Waals surface area (Å²) in [6, 6.07) is 8.75. The van der Waals surface area contributed by atoms with Crippen LogP contribution in [0.15, 0.2) is 66.0 Å². The molecule has 2 N–H and O–H groups in total. The van der Waals surface area contributed by atoms with Crippen LogP contribution in [-0.4, -0.2) is 29.2 Å². The minimum Gasteiger partial charge on any atom is -0.346 e. The number of sulfonamides is 1. The van der Waals surface area contributed by atoms with Gasteiger partial charge in [-0.2, -0.15) is 0 Å². The van der Waals surface area contributed by atoms with Crippen molar-refractivity contribution in [2.75, 3.05) is 4.72 Å². The topological polar surface area (TPSA) is 105 Å². The van der Waals surface area contributed by atoms with E-state index in [0.717, 1.165) is 12.1 Å². The van der Waals surface area contributed by atoms with Crippen molar-refractivity contribution in [1.29, 1.82) is 0 Å². The third-order valence-corrected chi connectivity index (χ3v) is 6.24. The molecule has 7 nitrogen and oxygen atoms in total. The molecule has 0 bridgehead atoms. The number of nitrogens with one attached hydrogen (secondary N) is 2. The number of ketones is 1. The number of hydrogen-bond acceptors (Lipinski definition) is 5. The molecular weight excluding hydrogens is 462 g/mol. The maximum absolute atomic E-state index is 13.7. The molecule has 0 unspecified atom stereocenters. The Morgan fingerprint density at radius 3 is 2.69 bits per heavy atom. The highest BCUT2D eigenvalue weighted by atomic mass is 35.5. The Balaban J connectivity index is 1.76. The molecule has 11 heteroatoms. The Hall–Kier alpha value is -3.37. The van der Waals surface area contributed by atoms with E-state index in [9.17, 15) is 22.0 Å². The predicted molar refractivity (Wildman–Crippen MR) is 116 cm³/mol. The summed E-state index contributed by atoms with van der Waals surface area (Å²) in [5, 5.41) is 0.607. The van der Waals surface area contributed by atoms with Gasteiger partial charge in [0.2, 0.25) is 5.78 Å². The Morgan fingerprint density at radius 1 is 1.16 bits per heavy atom. The van der Waals surface area contributed by atoms with E-state index >= 15 is 0 Å². The number of carbonyl (C=O) groups excluding carboxylic acids is 1. The van der Waals surface area contributed by atoms with Crippen molar-refractivity contribution in [1.82, 2.24) is 15.0 Å². The van der Waals surface area contributed by atoms with Crippen LogP contribution in [-0.2, 0) is 15.9 Å². The number of aromatic nitrogens is 3. The molecule has 0 radical (unpaired) electrons. The number of H-pyrrole nitrogens is 1. The lowest BCUT2D eigenvalue weighted by Crippen LogP contribution is -2.18. The summed E-state index contributed by atoms with van der Waals surface area (Å²) >= 11 is 5.98. The van der Waals surface area contributed by atoms with E-state index in [0.29, 0.717) is 18.0 Å². The summed E-state index contributed by atoms with van der Waals surface area (Å²) in [6.45, 7) is 0.667. The summed E-state index contributed by atoms with van der Waals surface area (Å²) in [4.78, 5) is 23.9. The summed E-state index contributed by atoms with van der Waals surface area (Å²) < 4.78 is 55.4. The number of carbonyl (C=O) groups is 1. The average molecular weight is 477 g/mol. The first-order chi connectivity index (χ1) is 15.1. The third-order valence-electron chi connectivity index (χ3n) is 4.67. The number of anilines is 1. The van der Waals surface area contributed by atoms with Gasteiger partial charge in [0.15, 0.2) is 0 Å². The molecule has 164 valence electrons. The van der Waals surface area contributed by atoms with E-state index < -0.39 is 32.2 Å². The van der Waals surface area contributed by atoms with Crippen LogP contribution in [0.25, 0.3) is 11.0 Å². The van der Waals surface area contributed by atoms with Gasteiger partial charge >= 0.3 is 0 Å². The Labute approximate surface area is 186 Å². The first-order valence-electron chi connectivity index (χ1n) is 9.20. The van der Waals surface area contributed by atoms with Crippen LogP contribution in [0.1, 0.15) is 28.5 Å². The highest BCUT2D eigenvalue weighted by Gasteiger charge is 2.27. The largest absolute Gasteiger partial charge is 0.346 e. The third kappa shape index (κ3) is 4.19. The van der Waals surface area contributed by atoms with E-state index in [-0.39, 0.29) is 22.0 Å². The minimum absolute atomic E-state index is 0.0783. The lowest BCUT2D eigenvalue weighted by atomic mass is 10.0. The second-order valence-electron chi connectivity index (χ2n) is 7.00. The molecule has 32 heavy (non-hydrogen) atoms. The van der Waals surface area contributed by atoms with Crippen molar-refractivity contribution in [3.8, 4) is 0 Å². The highest BCUT2D eigenvalue weighted by molar-refractivity contribution is 7.92. The van der Waals surface area contributed by atoms with E-state index in [1.165, 1.54) is 36.7 Å². The van der Waals surface area contributed by atoms with Crippen molar-refractivity contribution in [3.05, 3.63) is 82.9 Å². The Bertz CT molecular complexity index is 1450. The molecule has 0 spiro atoms. The summed E-state index contributed by atoms with van der Waals surface area (Å²) in [5.74, 6) is -3.80. The zero-order chi connectivity index (χ0) is 23.1. The van der Waals surface area contributed by atoms with Gasteiger partial charge in [-0.05, 0) is 30.3 Å². The fourth-order valence-electron chi connectivity index (χ4n) is 3.12. The molecular formula is C21H15ClF2N4O3S. The number of rotatable bonds is 6. The normalized spacial score (nSPS) is 12.1. The molecule has 0 saturated heterocycles. The number of aromatic amines is 1. The summed E-state index contributed by atoms with van der Waals surface area (Å²) in [5.41, 5.74) is -0.128. The SMILES string of the molecule is CC(F)(F)c1cccc(S(=O)(=O)Nc2cc(Cl)cnc2C(=O)c2ccnc3[nH]ccc23)c1. The van der Waals surface area contributed by atoms with Crippen molar-refractivity contribution < 1.29 is 22.0 Å². The highest BCUT2D eigenvalue weighted by Crippen LogP contribution is 2.30. The second kappa shape index (κ2) is 7.95. The van der Waals surface area contributed by atoms with Gasteiger partial charge in [-0.15, -0.1) is 0 Å². The molecule has 3 aromatic heterocycles. The number of pyridine rings is 2.